The van der Waals surface area contributed by atoms with E-state index in [1.54, 1.807) is 0 Å². The number of rotatable bonds is 8. The summed E-state index contributed by atoms with van der Waals surface area (Å²) in [5.74, 6) is 1.75. The molecule has 0 aliphatic carbocycles. The van der Waals surface area contributed by atoms with Gasteiger partial charge in [-0.3, -0.25) is 0 Å². The van der Waals surface area contributed by atoms with Crippen LogP contribution in [-0.2, 0) is 0 Å². The Kier molecular flexibility index (Phi) is 10.8. The van der Waals surface area contributed by atoms with Gasteiger partial charge in [-0.25, -0.2) is 15.0 Å². The molecule has 6 heterocycles. The number of aromatic nitrogens is 7. The maximum atomic E-state index is 5.55. The monoisotopic (exact) mass is 1150 g/mol. The van der Waals surface area contributed by atoms with E-state index in [0.29, 0.717) is 17.5 Å². The van der Waals surface area contributed by atoms with Gasteiger partial charge in [0.25, 0.3) is 0 Å². The van der Waals surface area contributed by atoms with Gasteiger partial charge in [0.15, 0.2) is 17.5 Å². The van der Waals surface area contributed by atoms with Crippen LogP contribution in [0.25, 0.3) is 175 Å². The lowest BCUT2D eigenvalue weighted by Crippen LogP contribution is -2.07. The Hall–Kier alpha value is -11.7. The van der Waals surface area contributed by atoms with Gasteiger partial charge in [0.05, 0.1) is 55.5 Å². The van der Waals surface area contributed by atoms with Gasteiger partial charge in [-0.05, 0) is 84.4 Å². The zero-order valence-electron chi connectivity index (χ0n) is 47.8. The number of hydrogen-bond donors (Lipinski definition) is 0. The Labute approximate surface area is 514 Å². The molecule has 0 aliphatic rings. The average molecular weight is 1150 g/mol. The van der Waals surface area contributed by atoms with Crippen molar-refractivity contribution in [2.75, 3.05) is 0 Å². The van der Waals surface area contributed by atoms with Crippen LogP contribution in [0.3, 0.4) is 0 Å². The zero-order valence-corrected chi connectivity index (χ0v) is 48.6. The molecule has 19 aromatic rings. The van der Waals surface area contributed by atoms with E-state index < -0.39 is 0 Å². The summed E-state index contributed by atoms with van der Waals surface area (Å²) in [5.41, 5.74) is 17.8. The second-order valence-corrected chi connectivity index (χ2v) is 24.1. The lowest BCUT2D eigenvalue weighted by atomic mass is 9.96. The Morgan fingerprint density at radius 1 is 0.236 bits per heavy atom. The van der Waals surface area contributed by atoms with E-state index in [4.69, 9.17) is 15.0 Å². The van der Waals surface area contributed by atoms with Gasteiger partial charge in [0, 0.05) is 96.9 Å². The van der Waals surface area contributed by atoms with E-state index in [1.807, 2.05) is 47.7 Å². The molecule has 89 heavy (non-hydrogen) atoms. The summed E-state index contributed by atoms with van der Waals surface area (Å²) in [4.78, 5) is 16.4. The molecular formula is C81H49N7S. The van der Waals surface area contributed by atoms with Crippen LogP contribution in [0.15, 0.2) is 297 Å². The minimum Gasteiger partial charge on any atom is -0.309 e. The topological polar surface area (TPSA) is 58.4 Å². The molecular weight excluding hydrogens is 1100 g/mol. The van der Waals surface area contributed by atoms with Crippen molar-refractivity contribution in [1.82, 2.24) is 33.2 Å². The fraction of sp³-hybridized carbons (Fsp3) is 0. The maximum Gasteiger partial charge on any atom is 0.164 e. The highest BCUT2D eigenvalue weighted by molar-refractivity contribution is 7.25. The van der Waals surface area contributed by atoms with Crippen LogP contribution in [0, 0.1) is 0 Å². The van der Waals surface area contributed by atoms with Crippen LogP contribution in [0.5, 0.6) is 0 Å². The standard InChI is InChI=1S/C81H49N7S/c1-5-25-50(26-6-1)79-82-80(51-27-7-2-8-28-51)84-81(83-79)53-47-68(87-63-39-19-13-33-56(63)57-34-14-20-40-64(57)87)72(52-45-46-59-58-35-18-24-44-70(58)89-71(59)49-52)69(48-53)88-67-43-23-17-38-62(67)75-77-73(60-36-15-21-41-65(60)85(77)54-29-9-3-10-30-54)76-74(78(75)88)61-37-16-22-42-66(61)86(76)55-31-11-4-12-32-55/h1-49H. The van der Waals surface area contributed by atoms with Gasteiger partial charge in [0.1, 0.15) is 0 Å². The van der Waals surface area contributed by atoms with Crippen LogP contribution in [-0.4, -0.2) is 33.2 Å². The highest BCUT2D eigenvalue weighted by Crippen LogP contribution is 2.53. The summed E-state index contributed by atoms with van der Waals surface area (Å²) in [6, 6.07) is 108. The van der Waals surface area contributed by atoms with Crippen molar-refractivity contribution in [3.8, 4) is 68.0 Å². The third-order valence-corrected chi connectivity index (χ3v) is 19.3. The summed E-state index contributed by atoms with van der Waals surface area (Å²) in [5, 5.41) is 11.8. The first kappa shape index (κ1) is 49.5. The molecule has 0 bridgehead atoms. The van der Waals surface area contributed by atoms with Crippen LogP contribution in [0.4, 0.5) is 0 Å². The highest BCUT2D eigenvalue weighted by atomic mass is 32.1. The van der Waals surface area contributed by atoms with E-state index in [2.05, 4.69) is 279 Å². The van der Waals surface area contributed by atoms with Crippen molar-refractivity contribution in [3.05, 3.63) is 297 Å². The molecule has 0 atom stereocenters. The zero-order chi connectivity index (χ0) is 58.3. The number of fused-ring (bicyclic) bond motifs is 18. The molecule has 0 saturated heterocycles. The van der Waals surface area contributed by atoms with E-state index in [-0.39, 0.29) is 0 Å². The second-order valence-electron chi connectivity index (χ2n) is 23.0. The van der Waals surface area contributed by atoms with Crippen molar-refractivity contribution < 1.29 is 0 Å². The van der Waals surface area contributed by atoms with Gasteiger partial charge in [0.2, 0.25) is 0 Å². The minimum absolute atomic E-state index is 0.561. The Bertz CT molecular complexity index is 5910. The largest absolute Gasteiger partial charge is 0.309 e. The molecule has 0 unspecified atom stereocenters. The molecule has 0 aliphatic heterocycles. The van der Waals surface area contributed by atoms with E-state index >= 15 is 0 Å². The Balaban J connectivity index is 1.08. The normalized spacial score (nSPS) is 12.0. The lowest BCUT2D eigenvalue weighted by Gasteiger charge is -2.22. The fourth-order valence-corrected chi connectivity index (χ4v) is 15.6. The summed E-state index contributed by atoms with van der Waals surface area (Å²) >= 11 is 1.85. The quantitative estimate of drug-likeness (QED) is 0.152. The Morgan fingerprint density at radius 2 is 0.584 bits per heavy atom. The molecule has 414 valence electrons. The second kappa shape index (κ2) is 19.4. The van der Waals surface area contributed by atoms with Crippen molar-refractivity contribution in [2.45, 2.75) is 0 Å². The van der Waals surface area contributed by atoms with Crippen LogP contribution >= 0.6 is 11.3 Å². The van der Waals surface area contributed by atoms with E-state index in [0.717, 1.165) is 116 Å². The smallest absolute Gasteiger partial charge is 0.164 e. The summed E-state index contributed by atoms with van der Waals surface area (Å²) < 4.78 is 12.6. The summed E-state index contributed by atoms with van der Waals surface area (Å²) in [6.07, 6.45) is 0. The van der Waals surface area contributed by atoms with Gasteiger partial charge in [-0.15, -0.1) is 11.3 Å². The Morgan fingerprint density at radius 3 is 1.07 bits per heavy atom. The van der Waals surface area contributed by atoms with Crippen LogP contribution < -0.4 is 0 Å². The van der Waals surface area contributed by atoms with Crippen LogP contribution in [0.2, 0.25) is 0 Å². The van der Waals surface area contributed by atoms with Gasteiger partial charge in [-0.1, -0.05) is 218 Å². The van der Waals surface area contributed by atoms with Crippen molar-refractivity contribution in [1.29, 1.82) is 0 Å². The molecule has 19 rings (SSSR count). The summed E-state index contributed by atoms with van der Waals surface area (Å²) in [7, 11) is 0. The van der Waals surface area contributed by atoms with Crippen molar-refractivity contribution in [3.63, 3.8) is 0 Å². The fourth-order valence-electron chi connectivity index (χ4n) is 14.5. The predicted molar refractivity (Wildman–Crippen MR) is 372 cm³/mol. The van der Waals surface area contributed by atoms with Crippen molar-refractivity contribution in [2.24, 2.45) is 0 Å². The molecule has 8 heteroatoms. The first-order valence-electron chi connectivity index (χ1n) is 30.2. The molecule has 0 N–H and O–H groups in total. The molecule has 0 fully saturated rings. The first-order chi connectivity index (χ1) is 44.2. The molecule has 0 spiro atoms. The van der Waals surface area contributed by atoms with Crippen molar-refractivity contribution >= 4 is 119 Å². The number of para-hydroxylation sites is 7. The molecule has 13 aromatic carbocycles. The molecule has 7 nitrogen and oxygen atoms in total. The maximum absolute atomic E-state index is 5.55. The van der Waals surface area contributed by atoms with Gasteiger partial charge >= 0.3 is 0 Å². The van der Waals surface area contributed by atoms with Crippen LogP contribution in [0.1, 0.15) is 0 Å². The SMILES string of the molecule is c1ccc(-c2nc(-c3ccccc3)nc(-c3cc(-n4c5ccccc5c5ccccc54)c(-c4ccc5c(c4)sc4ccccc45)c(-n4c5ccccc5c5c6c(c7ccccc7n6-c6ccccc6)c6c(c7ccccc7n6-c6ccccc6)c54)c3)n2)cc1. The third kappa shape index (κ3) is 7.35. The van der Waals surface area contributed by atoms with E-state index in [9.17, 15) is 0 Å². The van der Waals surface area contributed by atoms with Gasteiger partial charge < -0.3 is 18.3 Å². The van der Waals surface area contributed by atoms with Gasteiger partial charge in [-0.2, -0.15) is 0 Å². The number of nitrogens with zero attached hydrogens (tertiary/aromatic N) is 7. The number of hydrogen-bond acceptors (Lipinski definition) is 4. The molecule has 6 aromatic heterocycles. The third-order valence-electron chi connectivity index (χ3n) is 18.1. The first-order valence-corrected chi connectivity index (χ1v) is 31.0. The predicted octanol–water partition coefficient (Wildman–Crippen LogP) is 21.3. The molecule has 0 amide bonds. The lowest BCUT2D eigenvalue weighted by molar-refractivity contribution is 1.07. The number of thiophene rings is 1. The van der Waals surface area contributed by atoms with E-state index in [1.165, 1.54) is 41.7 Å². The minimum atomic E-state index is 0.561. The summed E-state index contributed by atoms with van der Waals surface area (Å²) in [6.45, 7) is 0. The molecule has 0 saturated carbocycles. The average Bonchev–Trinajstić information content (AvgIpc) is 1.51. The number of benzene rings is 13. The molecule has 0 radical (unpaired) electrons. The highest BCUT2D eigenvalue weighted by Gasteiger charge is 2.32.